The lowest BCUT2D eigenvalue weighted by molar-refractivity contribution is 0.0564. The van der Waals surface area contributed by atoms with Gasteiger partial charge in [-0.3, -0.25) is 9.80 Å². The normalized spacial score (nSPS) is 30.7. The summed E-state index contributed by atoms with van der Waals surface area (Å²) >= 11 is 0. The van der Waals surface area contributed by atoms with Gasteiger partial charge >= 0.3 is 0 Å². The summed E-state index contributed by atoms with van der Waals surface area (Å²) in [4.78, 5) is 5.41. The SMILES string of the molecule is CC1CN2CCCC2CN1CCCC(C)(C)CN. The van der Waals surface area contributed by atoms with Gasteiger partial charge < -0.3 is 5.73 Å². The molecule has 2 atom stereocenters. The summed E-state index contributed by atoms with van der Waals surface area (Å²) in [7, 11) is 0. The van der Waals surface area contributed by atoms with E-state index in [0.717, 1.165) is 18.6 Å². The highest BCUT2D eigenvalue weighted by atomic mass is 15.3. The minimum Gasteiger partial charge on any atom is -0.330 e. The molecular formula is C15H31N3. The van der Waals surface area contributed by atoms with Crippen LogP contribution in [0.2, 0.25) is 0 Å². The summed E-state index contributed by atoms with van der Waals surface area (Å²) in [6, 6.07) is 1.59. The van der Waals surface area contributed by atoms with Gasteiger partial charge in [-0.1, -0.05) is 13.8 Å². The van der Waals surface area contributed by atoms with Crippen LogP contribution in [-0.4, -0.2) is 54.6 Å². The molecule has 0 aliphatic carbocycles. The Morgan fingerprint density at radius 3 is 2.78 bits per heavy atom. The summed E-state index contributed by atoms with van der Waals surface area (Å²) in [5.74, 6) is 0. The van der Waals surface area contributed by atoms with Crippen LogP contribution in [0, 0.1) is 5.41 Å². The Bertz CT molecular complexity index is 264. The smallest absolute Gasteiger partial charge is 0.0224 e. The summed E-state index contributed by atoms with van der Waals surface area (Å²) in [6.45, 7) is 12.9. The Hall–Kier alpha value is -0.120. The second-order valence-corrected chi connectivity index (χ2v) is 7.11. The predicted octanol–water partition coefficient (Wildman–Crippen LogP) is 1.92. The molecule has 2 unspecified atom stereocenters. The third-order valence-corrected chi connectivity index (χ3v) is 4.92. The maximum Gasteiger partial charge on any atom is 0.0224 e. The number of nitrogens with two attached hydrogens (primary N) is 1. The van der Waals surface area contributed by atoms with E-state index in [4.69, 9.17) is 5.73 Å². The molecule has 0 amide bonds. The zero-order valence-electron chi connectivity index (χ0n) is 12.5. The molecule has 2 rings (SSSR count). The second kappa shape index (κ2) is 5.89. The maximum absolute atomic E-state index is 5.80. The van der Waals surface area contributed by atoms with Crippen LogP contribution in [0.15, 0.2) is 0 Å². The van der Waals surface area contributed by atoms with Gasteiger partial charge in [0.05, 0.1) is 0 Å². The second-order valence-electron chi connectivity index (χ2n) is 7.11. The number of piperazine rings is 1. The van der Waals surface area contributed by atoms with Gasteiger partial charge in [0, 0.05) is 25.2 Å². The average Bonchev–Trinajstić information content (AvgIpc) is 2.76. The minimum absolute atomic E-state index is 0.318. The molecule has 0 aromatic rings. The standard InChI is InChI=1S/C15H31N3/c1-13-10-18-8-4-6-14(18)11-17(13)9-5-7-15(2,3)12-16/h13-14H,4-12,16H2,1-3H3. The summed E-state index contributed by atoms with van der Waals surface area (Å²) in [6.07, 6.45) is 5.37. The van der Waals surface area contributed by atoms with E-state index in [1.54, 1.807) is 0 Å². The molecular weight excluding hydrogens is 222 g/mol. The zero-order chi connectivity index (χ0) is 13.2. The third kappa shape index (κ3) is 3.46. The van der Waals surface area contributed by atoms with Crippen LogP contribution in [0.25, 0.3) is 0 Å². The van der Waals surface area contributed by atoms with Crippen molar-refractivity contribution in [2.45, 2.75) is 58.5 Å². The largest absolute Gasteiger partial charge is 0.330 e. The van der Waals surface area contributed by atoms with Gasteiger partial charge in [-0.2, -0.15) is 0 Å². The van der Waals surface area contributed by atoms with E-state index >= 15 is 0 Å². The third-order valence-electron chi connectivity index (χ3n) is 4.92. The van der Waals surface area contributed by atoms with Gasteiger partial charge in [0.25, 0.3) is 0 Å². The van der Waals surface area contributed by atoms with E-state index in [9.17, 15) is 0 Å². The highest BCUT2D eigenvalue weighted by Crippen LogP contribution is 2.26. The lowest BCUT2D eigenvalue weighted by Crippen LogP contribution is -2.55. The summed E-state index contributed by atoms with van der Waals surface area (Å²) < 4.78 is 0. The van der Waals surface area contributed by atoms with E-state index in [-0.39, 0.29) is 0 Å². The first-order chi connectivity index (χ1) is 8.52. The fraction of sp³-hybridized carbons (Fsp3) is 1.00. The fourth-order valence-electron chi connectivity index (χ4n) is 3.42. The number of hydrogen-bond acceptors (Lipinski definition) is 3. The molecule has 2 N–H and O–H groups in total. The number of fused-ring (bicyclic) bond motifs is 1. The van der Waals surface area contributed by atoms with Crippen molar-refractivity contribution in [3.63, 3.8) is 0 Å². The van der Waals surface area contributed by atoms with Crippen molar-refractivity contribution in [1.29, 1.82) is 0 Å². The fourth-order valence-corrected chi connectivity index (χ4v) is 3.42. The number of nitrogens with zero attached hydrogens (tertiary/aromatic N) is 2. The van der Waals surface area contributed by atoms with Crippen LogP contribution in [0.5, 0.6) is 0 Å². The first-order valence-corrected chi connectivity index (χ1v) is 7.70. The van der Waals surface area contributed by atoms with Crippen LogP contribution in [0.3, 0.4) is 0 Å². The molecule has 2 aliphatic rings. The highest BCUT2D eigenvalue weighted by molar-refractivity contribution is 4.90. The van der Waals surface area contributed by atoms with Gasteiger partial charge in [-0.25, -0.2) is 0 Å². The Morgan fingerprint density at radius 1 is 1.28 bits per heavy atom. The first-order valence-electron chi connectivity index (χ1n) is 7.70. The van der Waals surface area contributed by atoms with Crippen molar-refractivity contribution < 1.29 is 0 Å². The molecule has 18 heavy (non-hydrogen) atoms. The Balaban J connectivity index is 1.75. The molecule has 0 aromatic carbocycles. The van der Waals surface area contributed by atoms with E-state index in [1.807, 2.05) is 0 Å². The van der Waals surface area contributed by atoms with Crippen molar-refractivity contribution in [2.24, 2.45) is 11.1 Å². The van der Waals surface area contributed by atoms with E-state index in [1.165, 1.54) is 51.9 Å². The lowest BCUT2D eigenvalue weighted by Gasteiger charge is -2.42. The molecule has 2 saturated heterocycles. The maximum atomic E-state index is 5.80. The van der Waals surface area contributed by atoms with Crippen LogP contribution in [-0.2, 0) is 0 Å². The van der Waals surface area contributed by atoms with Gasteiger partial charge in [-0.15, -0.1) is 0 Å². The molecule has 0 spiro atoms. The minimum atomic E-state index is 0.318. The van der Waals surface area contributed by atoms with Crippen molar-refractivity contribution >= 4 is 0 Å². The summed E-state index contributed by atoms with van der Waals surface area (Å²) in [5.41, 5.74) is 6.12. The summed E-state index contributed by atoms with van der Waals surface area (Å²) in [5, 5.41) is 0. The van der Waals surface area contributed by atoms with Crippen molar-refractivity contribution in [1.82, 2.24) is 9.80 Å². The molecule has 106 valence electrons. The molecule has 2 aliphatic heterocycles. The molecule has 3 nitrogen and oxygen atoms in total. The first kappa shape index (κ1) is 14.3. The van der Waals surface area contributed by atoms with Gasteiger partial charge in [0.15, 0.2) is 0 Å². The van der Waals surface area contributed by atoms with Crippen molar-refractivity contribution in [2.75, 3.05) is 32.7 Å². The quantitative estimate of drug-likeness (QED) is 0.812. The Kier molecular flexibility index (Phi) is 4.68. The average molecular weight is 253 g/mol. The van der Waals surface area contributed by atoms with Gasteiger partial charge in [-0.05, 0) is 57.7 Å². The number of rotatable bonds is 5. The van der Waals surface area contributed by atoms with Crippen LogP contribution in [0.4, 0.5) is 0 Å². The molecule has 0 bridgehead atoms. The topological polar surface area (TPSA) is 32.5 Å². The Labute approximate surface area is 113 Å². The number of hydrogen-bond donors (Lipinski definition) is 1. The molecule has 0 saturated carbocycles. The molecule has 3 heteroatoms. The zero-order valence-corrected chi connectivity index (χ0v) is 12.5. The molecule has 0 aromatic heterocycles. The van der Waals surface area contributed by atoms with Crippen LogP contribution >= 0.6 is 0 Å². The van der Waals surface area contributed by atoms with E-state index < -0.39 is 0 Å². The lowest BCUT2D eigenvalue weighted by atomic mass is 9.88. The molecule has 0 radical (unpaired) electrons. The van der Waals surface area contributed by atoms with Gasteiger partial charge in [0.1, 0.15) is 0 Å². The highest BCUT2D eigenvalue weighted by Gasteiger charge is 2.34. The predicted molar refractivity (Wildman–Crippen MR) is 77.7 cm³/mol. The Morgan fingerprint density at radius 2 is 2.06 bits per heavy atom. The molecule has 2 heterocycles. The van der Waals surface area contributed by atoms with Crippen LogP contribution < -0.4 is 5.73 Å². The molecule has 2 fully saturated rings. The van der Waals surface area contributed by atoms with Crippen molar-refractivity contribution in [3.8, 4) is 0 Å². The van der Waals surface area contributed by atoms with E-state index in [0.29, 0.717) is 5.41 Å². The van der Waals surface area contributed by atoms with Gasteiger partial charge in [0.2, 0.25) is 0 Å². The van der Waals surface area contributed by atoms with Crippen molar-refractivity contribution in [3.05, 3.63) is 0 Å². The van der Waals surface area contributed by atoms with Crippen LogP contribution in [0.1, 0.15) is 46.5 Å². The monoisotopic (exact) mass is 253 g/mol. The van der Waals surface area contributed by atoms with E-state index in [2.05, 4.69) is 30.6 Å².